The van der Waals surface area contributed by atoms with Gasteiger partial charge >= 0.3 is 5.92 Å². The van der Waals surface area contributed by atoms with Gasteiger partial charge < -0.3 is 15.7 Å². The van der Waals surface area contributed by atoms with Crippen molar-refractivity contribution >= 4 is 11.8 Å². The lowest BCUT2D eigenvalue weighted by atomic mass is 9.84. The van der Waals surface area contributed by atoms with Gasteiger partial charge in [0.1, 0.15) is 17.4 Å². The van der Waals surface area contributed by atoms with E-state index in [1.54, 1.807) is 6.07 Å². The number of pyridine rings is 1. The highest BCUT2D eigenvalue weighted by Gasteiger charge is 2.56. The first-order chi connectivity index (χ1) is 13.6. The molecule has 29 heavy (non-hydrogen) atoms. The van der Waals surface area contributed by atoms with Gasteiger partial charge in [-0.2, -0.15) is 18.8 Å². The quantitative estimate of drug-likeness (QED) is 0.475. The fourth-order valence-corrected chi connectivity index (χ4v) is 2.99. The van der Waals surface area contributed by atoms with Crippen LogP contribution in [0.5, 0.6) is 0 Å². The summed E-state index contributed by atoms with van der Waals surface area (Å²) >= 11 is 0. The van der Waals surface area contributed by atoms with E-state index in [0.29, 0.717) is 0 Å². The number of carbonyl (C=O) groups excluding carboxylic acids is 1. The topological polar surface area (TPSA) is 115 Å². The number of carbonyl (C=O) groups is 1. The minimum Gasteiger partial charge on any atom is -0.618 e. The van der Waals surface area contributed by atoms with E-state index in [2.05, 4.69) is 9.73 Å². The van der Waals surface area contributed by atoms with E-state index in [4.69, 9.17) is 11.0 Å². The number of ether oxygens (including phenoxy) is 1. The van der Waals surface area contributed by atoms with E-state index in [-0.39, 0.29) is 28.0 Å². The maximum absolute atomic E-state index is 14.5. The zero-order valence-corrected chi connectivity index (χ0v) is 15.2. The van der Waals surface area contributed by atoms with Crippen LogP contribution < -0.4 is 10.5 Å². The Morgan fingerprint density at radius 1 is 1.41 bits per heavy atom. The van der Waals surface area contributed by atoms with Gasteiger partial charge in [-0.1, -0.05) is 6.07 Å². The molecule has 1 aromatic carbocycles. The van der Waals surface area contributed by atoms with Gasteiger partial charge in [0.2, 0.25) is 5.78 Å². The summed E-state index contributed by atoms with van der Waals surface area (Å²) in [6.07, 6.45) is 0.600. The van der Waals surface area contributed by atoms with Crippen LogP contribution in [0, 0.1) is 22.4 Å². The molecule has 3 rings (SSSR count). The van der Waals surface area contributed by atoms with Crippen LogP contribution in [0.25, 0.3) is 0 Å². The van der Waals surface area contributed by atoms with Crippen LogP contribution in [0.3, 0.4) is 0 Å². The van der Waals surface area contributed by atoms with Crippen molar-refractivity contribution in [3.63, 3.8) is 0 Å². The Labute approximate surface area is 163 Å². The molecule has 0 unspecified atom stereocenters. The molecular formula is C19H15F3N4O3. The maximum Gasteiger partial charge on any atom is 0.310 e. The second-order valence-electron chi connectivity index (χ2n) is 6.67. The van der Waals surface area contributed by atoms with Gasteiger partial charge in [-0.15, -0.1) is 0 Å². The van der Waals surface area contributed by atoms with Crippen molar-refractivity contribution in [2.24, 2.45) is 10.7 Å². The molecule has 150 valence electrons. The first-order valence-corrected chi connectivity index (χ1v) is 8.39. The molecular weight excluding hydrogens is 389 g/mol. The largest absolute Gasteiger partial charge is 0.618 e. The van der Waals surface area contributed by atoms with Crippen LogP contribution >= 0.6 is 0 Å². The van der Waals surface area contributed by atoms with E-state index in [0.717, 1.165) is 25.3 Å². The molecule has 1 aliphatic rings. The molecule has 0 amide bonds. The zero-order chi connectivity index (χ0) is 21.4. The van der Waals surface area contributed by atoms with Gasteiger partial charge in [0.25, 0.3) is 11.7 Å². The Kier molecular flexibility index (Phi) is 4.92. The van der Waals surface area contributed by atoms with Crippen molar-refractivity contribution in [3.8, 4) is 6.07 Å². The van der Waals surface area contributed by atoms with E-state index in [1.165, 1.54) is 18.2 Å². The smallest absolute Gasteiger partial charge is 0.310 e. The molecule has 0 bridgehead atoms. The van der Waals surface area contributed by atoms with Gasteiger partial charge in [-0.05, 0) is 30.7 Å². The standard InChI is InChI=1S/C19H15F3N4O3/c1-18(19(21,22)10-29-17(24)25-18)13-6-11(2-4-14(13)20)7-16(27)15-5-3-12(8-23)9-26(15)28/h2-6,9H,7,10H2,1H3,(H2,24,25)/t18-/m1/s1. The van der Waals surface area contributed by atoms with Gasteiger partial charge in [0, 0.05) is 18.1 Å². The molecule has 0 spiro atoms. The molecule has 1 aliphatic heterocycles. The molecule has 7 nitrogen and oxygen atoms in total. The first kappa shape index (κ1) is 20.1. The molecule has 0 aliphatic carbocycles. The predicted octanol–water partition coefficient (Wildman–Crippen LogP) is 1.95. The minimum absolute atomic E-state index is 0.0748. The zero-order valence-electron chi connectivity index (χ0n) is 15.2. The summed E-state index contributed by atoms with van der Waals surface area (Å²) in [5.41, 5.74) is 2.67. The van der Waals surface area contributed by atoms with Crippen LogP contribution in [-0.2, 0) is 16.7 Å². The summed E-state index contributed by atoms with van der Waals surface area (Å²) < 4.78 is 48.2. The van der Waals surface area contributed by atoms with Gasteiger partial charge in [-0.3, -0.25) is 4.79 Å². The normalized spacial score (nSPS) is 20.3. The molecule has 2 aromatic rings. The molecule has 2 N–H and O–H groups in total. The van der Waals surface area contributed by atoms with Crippen LogP contribution in [0.2, 0.25) is 0 Å². The third-order valence-corrected chi connectivity index (χ3v) is 4.70. The number of amidine groups is 1. The number of nitrogens with two attached hydrogens (primary N) is 1. The van der Waals surface area contributed by atoms with E-state index in [1.807, 2.05) is 0 Å². The second kappa shape index (κ2) is 7.09. The molecule has 0 fully saturated rings. The number of alkyl halides is 2. The number of nitriles is 1. The number of benzene rings is 1. The Balaban J connectivity index is 1.97. The van der Waals surface area contributed by atoms with Gasteiger partial charge in [0.05, 0.1) is 0 Å². The average Bonchev–Trinajstić information content (AvgIpc) is 2.66. The number of aromatic nitrogens is 1. The fourth-order valence-electron chi connectivity index (χ4n) is 2.99. The Morgan fingerprint density at radius 2 is 2.14 bits per heavy atom. The van der Waals surface area contributed by atoms with E-state index in [9.17, 15) is 23.2 Å². The number of nitrogens with zero attached hydrogens (tertiary/aromatic N) is 3. The highest BCUT2D eigenvalue weighted by atomic mass is 19.3. The lowest BCUT2D eigenvalue weighted by Gasteiger charge is -2.37. The third kappa shape index (κ3) is 3.59. The summed E-state index contributed by atoms with van der Waals surface area (Å²) in [5, 5.41) is 20.7. The van der Waals surface area contributed by atoms with Gasteiger partial charge in [-0.25, -0.2) is 9.38 Å². The molecule has 0 saturated heterocycles. The second-order valence-corrected chi connectivity index (χ2v) is 6.67. The lowest BCUT2D eigenvalue weighted by Crippen LogP contribution is -2.51. The van der Waals surface area contributed by atoms with Crippen LogP contribution in [0.1, 0.15) is 34.1 Å². The average molecular weight is 404 g/mol. The molecule has 2 heterocycles. The van der Waals surface area contributed by atoms with Crippen molar-refractivity contribution in [2.45, 2.75) is 24.8 Å². The van der Waals surface area contributed by atoms with E-state index < -0.39 is 41.3 Å². The third-order valence-electron chi connectivity index (χ3n) is 4.70. The summed E-state index contributed by atoms with van der Waals surface area (Å²) in [5.74, 6) is -5.13. The summed E-state index contributed by atoms with van der Waals surface area (Å²) in [4.78, 5) is 16.1. The van der Waals surface area contributed by atoms with Crippen LogP contribution in [-0.4, -0.2) is 24.3 Å². The Morgan fingerprint density at radius 3 is 2.79 bits per heavy atom. The van der Waals surface area contributed by atoms with Crippen molar-refractivity contribution in [2.75, 3.05) is 6.61 Å². The van der Waals surface area contributed by atoms with Crippen molar-refractivity contribution in [1.82, 2.24) is 0 Å². The number of ketones is 1. The summed E-state index contributed by atoms with van der Waals surface area (Å²) in [6, 6.07) is 7.07. The number of halogens is 3. The maximum atomic E-state index is 14.5. The van der Waals surface area contributed by atoms with Crippen LogP contribution in [0.15, 0.2) is 41.5 Å². The van der Waals surface area contributed by atoms with Gasteiger partial charge in [0.15, 0.2) is 18.3 Å². The number of Topliss-reactive ketones (excluding diaryl/α,β-unsaturated/α-hetero) is 1. The van der Waals surface area contributed by atoms with Crippen LogP contribution in [0.4, 0.5) is 13.2 Å². The monoisotopic (exact) mass is 404 g/mol. The highest BCUT2D eigenvalue weighted by Crippen LogP contribution is 2.44. The molecule has 1 aromatic heterocycles. The Hall–Kier alpha value is -3.61. The summed E-state index contributed by atoms with van der Waals surface area (Å²) in [7, 11) is 0. The predicted molar refractivity (Wildman–Crippen MR) is 94.4 cm³/mol. The number of aliphatic imine (C=N–C) groups is 1. The van der Waals surface area contributed by atoms with E-state index >= 15 is 0 Å². The highest BCUT2D eigenvalue weighted by molar-refractivity contribution is 5.94. The van der Waals surface area contributed by atoms with Crippen molar-refractivity contribution < 1.29 is 27.4 Å². The molecule has 0 saturated carbocycles. The SMILES string of the molecule is C[C@]1(c2cc(CC(=O)c3ccc(C#N)c[n+]3[O-])ccc2F)N=C(N)OCC1(F)F. The first-order valence-electron chi connectivity index (χ1n) is 8.39. The molecule has 1 atom stereocenters. The Bertz CT molecular complexity index is 1070. The molecule has 10 heteroatoms. The summed E-state index contributed by atoms with van der Waals surface area (Å²) in [6.45, 7) is -0.0402. The number of rotatable bonds is 4. The van der Waals surface area contributed by atoms with Crippen molar-refractivity contribution in [3.05, 3.63) is 69.9 Å². The lowest BCUT2D eigenvalue weighted by molar-refractivity contribution is -0.607. The minimum atomic E-state index is -3.55. The molecule has 0 radical (unpaired) electrons. The number of hydrogen-bond donors (Lipinski definition) is 1. The van der Waals surface area contributed by atoms with Crippen molar-refractivity contribution in [1.29, 1.82) is 5.26 Å². The fraction of sp³-hybridized carbons (Fsp3) is 0.263. The number of hydrogen-bond acceptors (Lipinski definition) is 6.